The molecule has 0 aromatic heterocycles. The summed E-state index contributed by atoms with van der Waals surface area (Å²) in [4.78, 5) is 2.19. The Labute approximate surface area is 117 Å². The van der Waals surface area contributed by atoms with Gasteiger partial charge in [0.05, 0.1) is 13.2 Å². The second-order valence-electron chi connectivity index (χ2n) is 5.58. The van der Waals surface area contributed by atoms with Gasteiger partial charge in [-0.1, -0.05) is 17.3 Å². The summed E-state index contributed by atoms with van der Waals surface area (Å²) >= 11 is 0. The van der Waals surface area contributed by atoms with Gasteiger partial charge in [-0.05, 0) is 19.9 Å². The lowest BCUT2D eigenvalue weighted by atomic mass is 10.0. The van der Waals surface area contributed by atoms with E-state index in [9.17, 15) is 4.39 Å². The summed E-state index contributed by atoms with van der Waals surface area (Å²) in [6, 6.07) is 4.62. The highest BCUT2D eigenvalue weighted by Crippen LogP contribution is 2.23. The van der Waals surface area contributed by atoms with Crippen molar-refractivity contribution in [3.05, 3.63) is 35.1 Å². The van der Waals surface area contributed by atoms with Gasteiger partial charge in [0, 0.05) is 29.8 Å². The van der Waals surface area contributed by atoms with E-state index in [1.807, 2.05) is 0 Å². The van der Waals surface area contributed by atoms with Crippen LogP contribution in [0.25, 0.3) is 0 Å². The van der Waals surface area contributed by atoms with Crippen LogP contribution in [-0.4, -0.2) is 41.2 Å². The van der Waals surface area contributed by atoms with Crippen molar-refractivity contribution in [2.24, 2.45) is 10.9 Å². The number of nitrogens with two attached hydrogens (primary N) is 1. The van der Waals surface area contributed by atoms with Crippen LogP contribution in [0.3, 0.4) is 0 Å². The molecule has 0 unspecified atom stereocenters. The Balaban J connectivity index is 2.17. The van der Waals surface area contributed by atoms with Crippen LogP contribution in [0.1, 0.15) is 25.0 Å². The van der Waals surface area contributed by atoms with E-state index in [4.69, 9.17) is 15.7 Å². The number of hydrogen-bond acceptors (Lipinski definition) is 4. The van der Waals surface area contributed by atoms with Gasteiger partial charge >= 0.3 is 0 Å². The van der Waals surface area contributed by atoms with Crippen LogP contribution in [-0.2, 0) is 11.3 Å². The molecular formula is C14H20FN3O2. The van der Waals surface area contributed by atoms with Crippen molar-refractivity contribution in [1.82, 2.24) is 4.90 Å². The van der Waals surface area contributed by atoms with E-state index in [0.29, 0.717) is 30.9 Å². The van der Waals surface area contributed by atoms with Crippen molar-refractivity contribution in [2.75, 3.05) is 19.8 Å². The molecule has 0 saturated carbocycles. The molecule has 3 N–H and O–H groups in total. The molecule has 2 rings (SSSR count). The Morgan fingerprint density at radius 3 is 2.90 bits per heavy atom. The maximum Gasteiger partial charge on any atom is 0.170 e. The Morgan fingerprint density at radius 1 is 1.55 bits per heavy atom. The Morgan fingerprint density at radius 2 is 2.30 bits per heavy atom. The van der Waals surface area contributed by atoms with E-state index in [2.05, 4.69) is 23.9 Å². The quantitative estimate of drug-likeness (QED) is 0.381. The van der Waals surface area contributed by atoms with Gasteiger partial charge in [0.1, 0.15) is 5.82 Å². The number of hydrogen-bond donors (Lipinski definition) is 2. The molecule has 0 aliphatic carbocycles. The highest BCUT2D eigenvalue weighted by atomic mass is 19.1. The molecule has 0 atom stereocenters. The summed E-state index contributed by atoms with van der Waals surface area (Å²) < 4.78 is 19.6. The second kappa shape index (κ2) is 5.76. The zero-order valence-corrected chi connectivity index (χ0v) is 11.8. The highest BCUT2D eigenvalue weighted by Gasteiger charge is 2.30. The van der Waals surface area contributed by atoms with Crippen LogP contribution < -0.4 is 5.73 Å². The zero-order valence-electron chi connectivity index (χ0n) is 11.8. The maximum atomic E-state index is 14.1. The monoisotopic (exact) mass is 281 g/mol. The van der Waals surface area contributed by atoms with Gasteiger partial charge < -0.3 is 15.7 Å². The summed E-state index contributed by atoms with van der Waals surface area (Å²) in [5.74, 6) is -0.446. The highest BCUT2D eigenvalue weighted by molar-refractivity contribution is 5.97. The molecular weight excluding hydrogens is 261 g/mol. The van der Waals surface area contributed by atoms with Crippen molar-refractivity contribution in [1.29, 1.82) is 0 Å². The summed E-state index contributed by atoms with van der Waals surface area (Å²) in [5, 5.41) is 11.5. The molecule has 5 nitrogen and oxygen atoms in total. The van der Waals surface area contributed by atoms with Crippen LogP contribution in [0.2, 0.25) is 0 Å². The van der Waals surface area contributed by atoms with E-state index >= 15 is 0 Å². The second-order valence-corrected chi connectivity index (χ2v) is 5.58. The standard InChI is InChI=1S/C14H20FN3O2/c1-14(2)9-20-6-5-18(14)8-11-4-3-10(7-12(11)15)13(16)17-19/h3-4,7,19H,5-6,8-9H2,1-2H3,(H2,16,17). The lowest BCUT2D eigenvalue weighted by Crippen LogP contribution is -2.52. The first-order chi connectivity index (χ1) is 9.44. The van der Waals surface area contributed by atoms with Crippen molar-refractivity contribution in [2.45, 2.75) is 25.9 Å². The fourth-order valence-electron chi connectivity index (χ4n) is 2.28. The minimum Gasteiger partial charge on any atom is -0.409 e. The average Bonchev–Trinajstić information content (AvgIpc) is 2.42. The molecule has 6 heteroatoms. The smallest absolute Gasteiger partial charge is 0.170 e. The first-order valence-electron chi connectivity index (χ1n) is 6.53. The number of halogens is 1. The van der Waals surface area contributed by atoms with E-state index in [0.717, 1.165) is 6.54 Å². The zero-order chi connectivity index (χ0) is 14.8. The third-order valence-corrected chi connectivity index (χ3v) is 3.63. The summed E-state index contributed by atoms with van der Waals surface area (Å²) in [7, 11) is 0. The first kappa shape index (κ1) is 14.7. The van der Waals surface area contributed by atoms with Crippen LogP contribution in [0.5, 0.6) is 0 Å². The molecule has 0 amide bonds. The number of rotatable bonds is 3. The van der Waals surface area contributed by atoms with Gasteiger partial charge in [0.2, 0.25) is 0 Å². The van der Waals surface area contributed by atoms with Crippen molar-refractivity contribution >= 4 is 5.84 Å². The molecule has 0 spiro atoms. The third-order valence-electron chi connectivity index (χ3n) is 3.63. The Hall–Kier alpha value is -1.66. The predicted octanol–water partition coefficient (Wildman–Crippen LogP) is 1.53. The minimum absolute atomic E-state index is 0.0952. The average molecular weight is 281 g/mol. The van der Waals surface area contributed by atoms with E-state index in [-0.39, 0.29) is 17.2 Å². The Bertz CT molecular complexity index is 517. The van der Waals surface area contributed by atoms with Crippen molar-refractivity contribution in [3.8, 4) is 0 Å². The molecule has 1 aliphatic rings. The lowest BCUT2D eigenvalue weighted by Gasteiger charge is -2.42. The predicted molar refractivity (Wildman–Crippen MR) is 74.2 cm³/mol. The number of benzene rings is 1. The maximum absolute atomic E-state index is 14.1. The molecule has 1 aliphatic heterocycles. The number of ether oxygens (including phenoxy) is 1. The molecule has 1 fully saturated rings. The lowest BCUT2D eigenvalue weighted by molar-refractivity contribution is -0.0556. The van der Waals surface area contributed by atoms with Crippen molar-refractivity contribution < 1.29 is 14.3 Å². The number of amidine groups is 1. The first-order valence-corrected chi connectivity index (χ1v) is 6.53. The molecule has 0 bridgehead atoms. The van der Waals surface area contributed by atoms with Crippen LogP contribution >= 0.6 is 0 Å². The van der Waals surface area contributed by atoms with Gasteiger partial charge in [0.25, 0.3) is 0 Å². The van der Waals surface area contributed by atoms with Gasteiger partial charge in [-0.25, -0.2) is 4.39 Å². The van der Waals surface area contributed by atoms with Gasteiger partial charge in [0.15, 0.2) is 5.84 Å². The van der Waals surface area contributed by atoms with Gasteiger partial charge in [-0.3, -0.25) is 4.90 Å². The molecule has 1 saturated heterocycles. The summed E-state index contributed by atoms with van der Waals surface area (Å²) in [5.41, 5.74) is 6.29. The molecule has 1 aromatic carbocycles. The molecule has 1 aromatic rings. The number of oxime groups is 1. The normalized spacial score (nSPS) is 20.1. The third kappa shape index (κ3) is 3.08. The minimum atomic E-state index is -0.351. The van der Waals surface area contributed by atoms with E-state index in [1.54, 1.807) is 12.1 Å². The van der Waals surface area contributed by atoms with E-state index < -0.39 is 0 Å². The largest absolute Gasteiger partial charge is 0.409 e. The topological polar surface area (TPSA) is 71.1 Å². The molecule has 110 valence electrons. The van der Waals surface area contributed by atoms with Crippen LogP contribution in [0.15, 0.2) is 23.4 Å². The number of morpholine rings is 1. The van der Waals surface area contributed by atoms with Crippen LogP contribution in [0.4, 0.5) is 4.39 Å². The molecule has 20 heavy (non-hydrogen) atoms. The van der Waals surface area contributed by atoms with E-state index in [1.165, 1.54) is 6.07 Å². The van der Waals surface area contributed by atoms with Gasteiger partial charge in [-0.2, -0.15) is 0 Å². The SMILES string of the molecule is CC1(C)COCCN1Cc1ccc(C(N)=NO)cc1F. The molecule has 1 heterocycles. The number of nitrogens with zero attached hydrogens (tertiary/aromatic N) is 2. The van der Waals surface area contributed by atoms with Gasteiger partial charge in [-0.15, -0.1) is 0 Å². The van der Waals surface area contributed by atoms with Crippen LogP contribution in [0, 0.1) is 5.82 Å². The Kier molecular flexibility index (Phi) is 4.25. The fourth-order valence-corrected chi connectivity index (χ4v) is 2.28. The summed E-state index contributed by atoms with van der Waals surface area (Å²) in [6.45, 7) is 6.74. The van der Waals surface area contributed by atoms with Crippen molar-refractivity contribution in [3.63, 3.8) is 0 Å². The fraction of sp³-hybridized carbons (Fsp3) is 0.500. The molecule has 0 radical (unpaired) electrons. The summed E-state index contributed by atoms with van der Waals surface area (Å²) in [6.07, 6.45) is 0.